The second-order valence-corrected chi connectivity index (χ2v) is 5.27. The van der Waals surface area contributed by atoms with Crippen LogP contribution in [0.4, 0.5) is 0 Å². The third-order valence-electron chi connectivity index (χ3n) is 3.62. The highest BCUT2D eigenvalue weighted by molar-refractivity contribution is 5.30. The predicted molar refractivity (Wildman–Crippen MR) is 66.1 cm³/mol. The van der Waals surface area contributed by atoms with Crippen LogP contribution in [0.15, 0.2) is 18.2 Å². The van der Waals surface area contributed by atoms with E-state index in [2.05, 4.69) is 38.1 Å². The van der Waals surface area contributed by atoms with Crippen LogP contribution in [0.3, 0.4) is 0 Å². The van der Waals surface area contributed by atoms with E-state index in [1.165, 1.54) is 29.5 Å². The van der Waals surface area contributed by atoms with Crippen molar-refractivity contribution < 1.29 is 0 Å². The number of aryl methyl sites for hydroxylation is 2. The fraction of sp³-hybridized carbons (Fsp3) is 0.533. The minimum absolute atomic E-state index is 0.0692. The van der Waals surface area contributed by atoms with Crippen molar-refractivity contribution in [3.8, 4) is 6.07 Å². The van der Waals surface area contributed by atoms with Crippen molar-refractivity contribution in [2.75, 3.05) is 0 Å². The molecule has 2 rings (SSSR count). The summed E-state index contributed by atoms with van der Waals surface area (Å²) >= 11 is 0. The van der Waals surface area contributed by atoms with Crippen LogP contribution < -0.4 is 0 Å². The maximum absolute atomic E-state index is 9.37. The summed E-state index contributed by atoms with van der Waals surface area (Å²) in [7, 11) is 0. The Labute approximate surface area is 98.1 Å². The van der Waals surface area contributed by atoms with Crippen molar-refractivity contribution in [1.29, 1.82) is 5.26 Å². The first-order valence-corrected chi connectivity index (χ1v) is 6.12. The molecule has 1 fully saturated rings. The van der Waals surface area contributed by atoms with E-state index in [0.717, 1.165) is 19.3 Å². The zero-order valence-electron chi connectivity index (χ0n) is 10.2. The lowest BCUT2D eigenvalue weighted by molar-refractivity contribution is 0.408. The minimum Gasteiger partial charge on any atom is -0.198 e. The lowest BCUT2D eigenvalue weighted by Gasteiger charge is -2.20. The van der Waals surface area contributed by atoms with Crippen molar-refractivity contribution in [2.24, 2.45) is 5.41 Å². The van der Waals surface area contributed by atoms with Crippen molar-refractivity contribution >= 4 is 0 Å². The summed E-state index contributed by atoms with van der Waals surface area (Å²) in [6.45, 7) is 4.26. The topological polar surface area (TPSA) is 23.8 Å². The summed E-state index contributed by atoms with van der Waals surface area (Å²) in [5.41, 5.74) is 3.88. The van der Waals surface area contributed by atoms with E-state index >= 15 is 0 Å². The van der Waals surface area contributed by atoms with Crippen molar-refractivity contribution in [3.05, 3.63) is 34.9 Å². The summed E-state index contributed by atoms with van der Waals surface area (Å²) in [5.74, 6) is 0. The molecule has 0 amide bonds. The van der Waals surface area contributed by atoms with Gasteiger partial charge in [0, 0.05) is 0 Å². The first kappa shape index (κ1) is 11.2. The largest absolute Gasteiger partial charge is 0.198 e. The van der Waals surface area contributed by atoms with Gasteiger partial charge in [-0.1, -0.05) is 42.2 Å². The van der Waals surface area contributed by atoms with Crippen molar-refractivity contribution in [1.82, 2.24) is 0 Å². The zero-order valence-corrected chi connectivity index (χ0v) is 10.2. The summed E-state index contributed by atoms with van der Waals surface area (Å²) in [6.07, 6.45) is 5.54. The molecule has 16 heavy (non-hydrogen) atoms. The Morgan fingerprint density at radius 1 is 1.12 bits per heavy atom. The smallest absolute Gasteiger partial charge is 0.0693 e. The van der Waals surface area contributed by atoms with Gasteiger partial charge in [-0.05, 0) is 38.7 Å². The van der Waals surface area contributed by atoms with Crippen LogP contribution in [0.5, 0.6) is 0 Å². The molecule has 1 heteroatoms. The highest BCUT2D eigenvalue weighted by Crippen LogP contribution is 2.40. The fourth-order valence-corrected chi connectivity index (χ4v) is 2.94. The van der Waals surface area contributed by atoms with Gasteiger partial charge in [0.25, 0.3) is 0 Å². The summed E-state index contributed by atoms with van der Waals surface area (Å²) in [5, 5.41) is 9.37. The third kappa shape index (κ3) is 2.27. The molecule has 0 spiro atoms. The van der Waals surface area contributed by atoms with E-state index in [1.807, 2.05) is 0 Å². The van der Waals surface area contributed by atoms with Gasteiger partial charge in [0.05, 0.1) is 11.5 Å². The number of hydrogen-bond donors (Lipinski definition) is 0. The molecule has 0 atom stereocenters. The molecular formula is C15H19N. The molecule has 1 saturated carbocycles. The highest BCUT2D eigenvalue weighted by atomic mass is 14.4. The van der Waals surface area contributed by atoms with E-state index in [0.29, 0.717) is 0 Å². The van der Waals surface area contributed by atoms with Gasteiger partial charge in [-0.3, -0.25) is 0 Å². The standard InChI is InChI=1S/C15H19N/c1-12-7-13(2)9-14(8-12)10-15(11-16)5-3-4-6-15/h7-9H,3-6,10H2,1-2H3. The number of benzene rings is 1. The first-order valence-electron chi connectivity index (χ1n) is 6.12. The molecule has 0 N–H and O–H groups in total. The molecule has 1 aromatic carbocycles. The van der Waals surface area contributed by atoms with Gasteiger partial charge >= 0.3 is 0 Å². The average molecular weight is 213 g/mol. The molecule has 1 nitrogen and oxygen atoms in total. The SMILES string of the molecule is Cc1cc(C)cc(CC2(C#N)CCCC2)c1. The maximum atomic E-state index is 9.37. The van der Waals surface area contributed by atoms with Crippen LogP contribution in [0.2, 0.25) is 0 Å². The summed E-state index contributed by atoms with van der Waals surface area (Å²) in [4.78, 5) is 0. The quantitative estimate of drug-likeness (QED) is 0.730. The van der Waals surface area contributed by atoms with Gasteiger partial charge in [-0.15, -0.1) is 0 Å². The Hall–Kier alpha value is -1.29. The Morgan fingerprint density at radius 3 is 2.19 bits per heavy atom. The molecule has 1 aliphatic carbocycles. The van der Waals surface area contributed by atoms with E-state index < -0.39 is 0 Å². The van der Waals surface area contributed by atoms with Gasteiger partial charge in [0.1, 0.15) is 0 Å². The third-order valence-corrected chi connectivity index (χ3v) is 3.62. The molecule has 1 aliphatic rings. The molecule has 0 bridgehead atoms. The molecular weight excluding hydrogens is 194 g/mol. The Kier molecular flexibility index (Phi) is 3.01. The zero-order chi connectivity index (χ0) is 11.6. The van der Waals surface area contributed by atoms with Crippen LogP contribution in [0, 0.1) is 30.6 Å². The fourth-order valence-electron chi connectivity index (χ4n) is 2.94. The maximum Gasteiger partial charge on any atom is 0.0693 e. The monoisotopic (exact) mass is 213 g/mol. The lowest BCUT2D eigenvalue weighted by atomic mass is 9.81. The average Bonchev–Trinajstić information content (AvgIpc) is 2.65. The van der Waals surface area contributed by atoms with Gasteiger partial charge in [0.15, 0.2) is 0 Å². The first-order chi connectivity index (χ1) is 7.63. The number of hydrogen-bond acceptors (Lipinski definition) is 1. The molecule has 0 aliphatic heterocycles. The van der Waals surface area contributed by atoms with Crippen LogP contribution in [-0.2, 0) is 6.42 Å². The Balaban J connectivity index is 2.23. The predicted octanol–water partition coefficient (Wildman–Crippen LogP) is 3.93. The van der Waals surface area contributed by atoms with Crippen molar-refractivity contribution in [3.63, 3.8) is 0 Å². The van der Waals surface area contributed by atoms with E-state index in [4.69, 9.17) is 0 Å². The molecule has 1 aromatic rings. The number of rotatable bonds is 2. The van der Waals surface area contributed by atoms with E-state index in [-0.39, 0.29) is 5.41 Å². The van der Waals surface area contributed by atoms with Crippen LogP contribution in [-0.4, -0.2) is 0 Å². The number of nitrogens with zero attached hydrogens (tertiary/aromatic N) is 1. The van der Waals surface area contributed by atoms with Gasteiger partial charge < -0.3 is 0 Å². The molecule has 0 saturated heterocycles. The van der Waals surface area contributed by atoms with E-state index in [9.17, 15) is 5.26 Å². The van der Waals surface area contributed by atoms with Gasteiger partial charge in [0.2, 0.25) is 0 Å². The second kappa shape index (κ2) is 4.29. The van der Waals surface area contributed by atoms with Crippen LogP contribution in [0.25, 0.3) is 0 Å². The van der Waals surface area contributed by atoms with Crippen molar-refractivity contribution in [2.45, 2.75) is 46.0 Å². The van der Waals surface area contributed by atoms with Crippen LogP contribution >= 0.6 is 0 Å². The lowest BCUT2D eigenvalue weighted by Crippen LogP contribution is -2.17. The Morgan fingerprint density at radius 2 is 1.69 bits per heavy atom. The number of nitriles is 1. The highest BCUT2D eigenvalue weighted by Gasteiger charge is 2.33. The molecule has 84 valence electrons. The molecule has 0 heterocycles. The van der Waals surface area contributed by atoms with E-state index in [1.54, 1.807) is 0 Å². The molecule has 0 aromatic heterocycles. The van der Waals surface area contributed by atoms with Gasteiger partial charge in [-0.25, -0.2) is 0 Å². The minimum atomic E-state index is -0.0692. The molecule has 0 unspecified atom stereocenters. The second-order valence-electron chi connectivity index (χ2n) is 5.27. The Bertz CT molecular complexity index is 399. The summed E-state index contributed by atoms with van der Waals surface area (Å²) in [6, 6.07) is 9.21. The van der Waals surface area contributed by atoms with Crippen LogP contribution in [0.1, 0.15) is 42.4 Å². The van der Waals surface area contributed by atoms with Gasteiger partial charge in [-0.2, -0.15) is 5.26 Å². The normalized spacial score (nSPS) is 18.3. The molecule has 0 radical (unpaired) electrons. The summed E-state index contributed by atoms with van der Waals surface area (Å²) < 4.78 is 0.